The highest BCUT2D eigenvalue weighted by atomic mass is 32.2. The number of sulfonamides is 1. The zero-order chi connectivity index (χ0) is 29.5. The Balaban J connectivity index is 1.37. The van der Waals surface area contributed by atoms with E-state index in [1.165, 1.54) is 17.6 Å². The average molecular weight is 598 g/mol. The Bertz CT molecular complexity index is 1610. The topological polar surface area (TPSA) is 120 Å². The van der Waals surface area contributed by atoms with E-state index in [1.807, 2.05) is 0 Å². The Kier molecular flexibility index (Phi) is 7.59. The molecule has 0 radical (unpaired) electrons. The maximum Gasteiger partial charge on any atom is 0.316 e. The Morgan fingerprint density at radius 3 is 2.34 bits per heavy atom. The second-order valence-electron chi connectivity index (χ2n) is 9.90. The number of aromatic nitrogens is 2. The van der Waals surface area contributed by atoms with Crippen molar-refractivity contribution in [2.24, 2.45) is 5.92 Å². The molecule has 1 aliphatic heterocycles. The summed E-state index contributed by atoms with van der Waals surface area (Å²) in [5.74, 6) is -6.08. The van der Waals surface area contributed by atoms with Crippen molar-refractivity contribution in [2.75, 3.05) is 50.5 Å². The zero-order valence-corrected chi connectivity index (χ0v) is 22.7. The fourth-order valence-electron chi connectivity index (χ4n) is 4.62. The third-order valence-corrected chi connectivity index (χ3v) is 8.86. The van der Waals surface area contributed by atoms with Gasteiger partial charge >= 0.3 is 5.56 Å². The lowest BCUT2D eigenvalue weighted by Crippen LogP contribution is -2.49. The van der Waals surface area contributed by atoms with Gasteiger partial charge in [-0.25, -0.2) is 26.0 Å². The third kappa shape index (κ3) is 6.10. The van der Waals surface area contributed by atoms with Crippen LogP contribution in [0.15, 0.2) is 47.4 Å². The van der Waals surface area contributed by atoms with Crippen molar-refractivity contribution >= 4 is 21.4 Å². The molecule has 15 heteroatoms. The normalized spacial score (nSPS) is 18.8. The van der Waals surface area contributed by atoms with Gasteiger partial charge in [-0.3, -0.25) is 4.79 Å². The predicted octanol–water partition coefficient (Wildman–Crippen LogP) is 2.79. The van der Waals surface area contributed by atoms with Crippen LogP contribution in [0.25, 0.3) is 5.69 Å². The van der Waals surface area contributed by atoms with Crippen LogP contribution in [0, 0.1) is 17.6 Å². The minimum absolute atomic E-state index is 0.0623. The van der Waals surface area contributed by atoms with Gasteiger partial charge in [-0.1, -0.05) is 6.07 Å². The molecular formula is C26H27F4N5O5S. The van der Waals surface area contributed by atoms with Crippen LogP contribution in [0.3, 0.4) is 0 Å². The Morgan fingerprint density at radius 1 is 1.07 bits per heavy atom. The quantitative estimate of drug-likeness (QED) is 0.296. The lowest BCUT2D eigenvalue weighted by atomic mass is 10.2. The number of benzene rings is 2. The largest absolute Gasteiger partial charge is 0.495 e. The van der Waals surface area contributed by atoms with Gasteiger partial charge in [-0.2, -0.15) is 14.1 Å². The van der Waals surface area contributed by atoms with Crippen molar-refractivity contribution < 1.29 is 35.5 Å². The van der Waals surface area contributed by atoms with Gasteiger partial charge in [0.05, 0.1) is 43.0 Å². The molecule has 0 bridgehead atoms. The molecule has 10 nitrogen and oxygen atoms in total. The summed E-state index contributed by atoms with van der Waals surface area (Å²) >= 11 is 0. The minimum Gasteiger partial charge on any atom is -0.495 e. The first-order chi connectivity index (χ1) is 19.4. The van der Waals surface area contributed by atoms with Crippen LogP contribution in [0.2, 0.25) is 0 Å². The summed E-state index contributed by atoms with van der Waals surface area (Å²) in [4.78, 5) is 15.0. The molecule has 2 N–H and O–H groups in total. The molecule has 3 aromatic rings. The number of nitrogen functional groups attached to an aromatic ring is 1. The third-order valence-electron chi connectivity index (χ3n) is 7.01. The lowest BCUT2D eigenvalue weighted by molar-refractivity contribution is 0.0853. The summed E-state index contributed by atoms with van der Waals surface area (Å²) in [5, 5.41) is 4.03. The van der Waals surface area contributed by atoms with Gasteiger partial charge in [0.2, 0.25) is 15.8 Å². The molecule has 2 aliphatic rings. The van der Waals surface area contributed by atoms with E-state index in [9.17, 15) is 30.8 Å². The molecule has 2 aromatic carbocycles. The first kappa shape index (κ1) is 28.7. The summed E-state index contributed by atoms with van der Waals surface area (Å²) in [7, 11) is -2.30. The molecule has 220 valence electrons. The van der Waals surface area contributed by atoms with Gasteiger partial charge < -0.3 is 20.1 Å². The molecule has 41 heavy (non-hydrogen) atoms. The second kappa shape index (κ2) is 10.9. The highest BCUT2D eigenvalue weighted by Crippen LogP contribution is 2.48. The molecule has 1 saturated carbocycles. The lowest BCUT2D eigenvalue weighted by Gasteiger charge is -2.35. The number of halogens is 4. The van der Waals surface area contributed by atoms with Crippen LogP contribution >= 0.6 is 0 Å². The summed E-state index contributed by atoms with van der Waals surface area (Å²) in [6.45, 7) is -0.0460. The van der Waals surface area contributed by atoms with Crippen LogP contribution in [0.4, 0.5) is 28.9 Å². The van der Waals surface area contributed by atoms with Crippen LogP contribution in [0.5, 0.6) is 11.5 Å². The van der Waals surface area contributed by atoms with Gasteiger partial charge in [0.15, 0.2) is 0 Å². The zero-order valence-electron chi connectivity index (χ0n) is 21.9. The van der Waals surface area contributed by atoms with Gasteiger partial charge in [0, 0.05) is 38.7 Å². The molecule has 1 atom stereocenters. The van der Waals surface area contributed by atoms with Crippen LogP contribution in [-0.2, 0) is 15.8 Å². The molecule has 2 heterocycles. The molecule has 0 amide bonds. The molecule has 0 spiro atoms. The van der Waals surface area contributed by atoms with Crippen molar-refractivity contribution in [3.05, 3.63) is 70.1 Å². The van der Waals surface area contributed by atoms with Crippen molar-refractivity contribution in [1.29, 1.82) is 0 Å². The molecule has 2 fully saturated rings. The first-order valence-electron chi connectivity index (χ1n) is 12.6. The second-order valence-corrected chi connectivity index (χ2v) is 11.9. The standard InChI is InChI=1S/C26H27F4N5O5S/c1-39-23-8-16(2-3-21(23)31)15-41(37,38)34-6-4-33(5-7-34)22-13-32-35(20-10-18(27)9-19(28)11-20)25(36)24(22)40-14-17-12-26(17,29)30/h2-3,8-11,13,17H,4-7,12,14-15,31H2,1H3. The summed E-state index contributed by atoms with van der Waals surface area (Å²) in [6, 6.07) is 7.15. The molecular weight excluding hydrogens is 570 g/mol. The number of rotatable bonds is 9. The van der Waals surface area contributed by atoms with Crippen molar-refractivity contribution in [3.63, 3.8) is 0 Å². The molecule has 1 aromatic heterocycles. The maximum atomic E-state index is 13.8. The van der Waals surface area contributed by atoms with E-state index in [0.29, 0.717) is 23.1 Å². The van der Waals surface area contributed by atoms with Crippen LogP contribution < -0.4 is 25.7 Å². The summed E-state index contributed by atoms with van der Waals surface area (Å²) < 4.78 is 93.7. The number of piperazine rings is 1. The SMILES string of the molecule is COc1cc(CS(=O)(=O)N2CCN(c3cnn(-c4cc(F)cc(F)c4)c(=O)c3OCC3CC3(F)F)CC2)ccc1N. The highest BCUT2D eigenvalue weighted by molar-refractivity contribution is 7.88. The summed E-state index contributed by atoms with van der Waals surface area (Å²) in [6.07, 6.45) is 0.850. The number of nitrogens with two attached hydrogens (primary N) is 1. The number of hydrogen-bond donors (Lipinski definition) is 1. The van der Waals surface area contributed by atoms with Gasteiger partial charge in [0.25, 0.3) is 5.92 Å². The molecule has 1 saturated heterocycles. The Hall–Kier alpha value is -3.85. The van der Waals surface area contributed by atoms with Crippen LogP contribution in [-0.4, -0.2) is 68.3 Å². The molecule has 1 unspecified atom stereocenters. The number of nitrogens with zero attached hydrogens (tertiary/aromatic N) is 4. The van der Waals surface area contributed by atoms with E-state index >= 15 is 0 Å². The van der Waals surface area contributed by atoms with Crippen molar-refractivity contribution in [2.45, 2.75) is 18.1 Å². The average Bonchev–Trinajstić information content (AvgIpc) is 3.54. The number of methoxy groups -OCH3 is 1. The molecule has 1 aliphatic carbocycles. The van der Waals surface area contributed by atoms with E-state index in [-0.39, 0.29) is 55.5 Å². The number of ether oxygens (including phenoxy) is 2. The highest BCUT2D eigenvalue weighted by Gasteiger charge is 2.57. The number of anilines is 2. The Labute approximate surface area is 232 Å². The number of hydrogen-bond acceptors (Lipinski definition) is 8. The van der Waals surface area contributed by atoms with Crippen molar-refractivity contribution in [3.8, 4) is 17.2 Å². The van der Waals surface area contributed by atoms with E-state index < -0.39 is 45.7 Å². The maximum absolute atomic E-state index is 13.8. The van der Waals surface area contributed by atoms with E-state index in [0.717, 1.165) is 16.8 Å². The monoisotopic (exact) mass is 597 g/mol. The van der Waals surface area contributed by atoms with E-state index in [4.69, 9.17) is 15.2 Å². The minimum atomic E-state index is -3.73. The Morgan fingerprint density at radius 2 is 1.73 bits per heavy atom. The first-order valence-corrected chi connectivity index (χ1v) is 14.2. The van der Waals surface area contributed by atoms with E-state index in [1.54, 1.807) is 23.1 Å². The van der Waals surface area contributed by atoms with Gasteiger partial charge in [-0.15, -0.1) is 0 Å². The predicted molar refractivity (Wildman–Crippen MR) is 142 cm³/mol. The summed E-state index contributed by atoms with van der Waals surface area (Å²) in [5.41, 5.74) is 5.73. The van der Waals surface area contributed by atoms with E-state index in [2.05, 4.69) is 5.10 Å². The van der Waals surface area contributed by atoms with Gasteiger partial charge in [0.1, 0.15) is 23.1 Å². The fourth-order valence-corrected chi connectivity index (χ4v) is 6.13. The number of alkyl halides is 2. The van der Waals surface area contributed by atoms with Gasteiger partial charge in [-0.05, 0) is 29.8 Å². The molecule has 5 rings (SSSR count). The van der Waals surface area contributed by atoms with Crippen molar-refractivity contribution in [1.82, 2.24) is 14.1 Å². The van der Waals surface area contributed by atoms with Crippen LogP contribution in [0.1, 0.15) is 12.0 Å². The smallest absolute Gasteiger partial charge is 0.316 e. The fraction of sp³-hybridized carbons (Fsp3) is 0.385.